The highest BCUT2D eigenvalue weighted by atomic mass is 16.3. The van der Waals surface area contributed by atoms with Gasteiger partial charge in [-0.1, -0.05) is 19.9 Å². The topological polar surface area (TPSA) is 50.9 Å². The van der Waals surface area contributed by atoms with Crippen LogP contribution in [-0.4, -0.2) is 19.6 Å². The minimum Gasteiger partial charge on any atom is -0.480 e. The smallest absolute Gasteiger partial charge is 0.296 e. The van der Waals surface area contributed by atoms with Gasteiger partial charge in [-0.25, -0.2) is 4.98 Å². The molecule has 4 nitrogen and oxygen atoms in total. The predicted molar refractivity (Wildman–Crippen MR) is 78.1 cm³/mol. The summed E-state index contributed by atoms with van der Waals surface area (Å²) in [6, 6.07) is 2.38. The van der Waals surface area contributed by atoms with Gasteiger partial charge in [0.15, 0.2) is 5.65 Å². The van der Waals surface area contributed by atoms with Crippen molar-refractivity contribution in [2.45, 2.75) is 46.6 Å². The van der Waals surface area contributed by atoms with E-state index in [9.17, 15) is 5.11 Å². The Balaban J connectivity index is 2.65. The first-order valence-electron chi connectivity index (χ1n) is 6.82. The lowest BCUT2D eigenvalue weighted by Crippen LogP contribution is -2.06. The van der Waals surface area contributed by atoms with Crippen LogP contribution in [-0.2, 0) is 0 Å². The molecule has 2 rings (SSSR count). The molecule has 0 saturated heterocycles. The molecule has 102 valence electrons. The van der Waals surface area contributed by atoms with Crippen LogP contribution >= 0.6 is 0 Å². The molecule has 0 spiro atoms. The largest absolute Gasteiger partial charge is 0.480 e. The monoisotopic (exact) mass is 259 g/mol. The molecule has 2 aromatic rings. The molecule has 0 aliphatic heterocycles. The summed E-state index contributed by atoms with van der Waals surface area (Å²) in [5, 5.41) is 10.1. The zero-order valence-electron chi connectivity index (χ0n) is 12.0. The molecule has 0 aromatic carbocycles. The molecule has 1 N–H and O–H groups in total. The van der Waals surface area contributed by atoms with Crippen LogP contribution in [0.25, 0.3) is 16.7 Å². The Morgan fingerprint density at radius 3 is 2.68 bits per heavy atom. The Morgan fingerprint density at radius 1 is 1.42 bits per heavy atom. The van der Waals surface area contributed by atoms with Gasteiger partial charge in [0.25, 0.3) is 6.01 Å². The summed E-state index contributed by atoms with van der Waals surface area (Å²) in [7, 11) is 0. The van der Waals surface area contributed by atoms with E-state index in [4.69, 9.17) is 0 Å². The van der Waals surface area contributed by atoms with Gasteiger partial charge < -0.3 is 5.11 Å². The first kappa shape index (κ1) is 13.6. The number of hydrogen-bond acceptors (Lipinski definition) is 3. The van der Waals surface area contributed by atoms with Crippen LogP contribution in [0.4, 0.5) is 0 Å². The second-order valence-electron chi connectivity index (χ2n) is 4.79. The molecule has 19 heavy (non-hydrogen) atoms. The fraction of sp³-hybridized carbons (Fsp3) is 0.467. The minimum absolute atomic E-state index is 0.0616. The van der Waals surface area contributed by atoms with Gasteiger partial charge >= 0.3 is 0 Å². The maximum atomic E-state index is 10.1. The zero-order valence-corrected chi connectivity index (χ0v) is 12.0. The van der Waals surface area contributed by atoms with Crippen molar-refractivity contribution in [2.24, 2.45) is 0 Å². The number of hydrogen-bond donors (Lipinski definition) is 1. The third kappa shape index (κ3) is 2.35. The molecule has 0 fully saturated rings. The molecular formula is C15H21N3O. The van der Waals surface area contributed by atoms with Gasteiger partial charge in [-0.3, -0.25) is 4.57 Å². The van der Waals surface area contributed by atoms with E-state index in [1.807, 2.05) is 11.5 Å². The van der Waals surface area contributed by atoms with Gasteiger partial charge in [-0.15, -0.1) is 0 Å². The summed E-state index contributed by atoms with van der Waals surface area (Å²) in [6.07, 6.45) is 5.78. The van der Waals surface area contributed by atoms with Crippen LogP contribution in [0.1, 0.15) is 52.1 Å². The van der Waals surface area contributed by atoms with Crippen LogP contribution in [0.5, 0.6) is 6.01 Å². The molecule has 0 unspecified atom stereocenters. The lowest BCUT2D eigenvalue weighted by molar-refractivity contribution is 0.361. The number of rotatable bonds is 4. The Bertz CT molecular complexity index is 609. The van der Waals surface area contributed by atoms with E-state index in [1.165, 1.54) is 5.57 Å². The summed E-state index contributed by atoms with van der Waals surface area (Å²) < 4.78 is 1.90. The number of aromatic hydroxyl groups is 1. The number of imidazole rings is 1. The Labute approximate surface area is 113 Å². The van der Waals surface area contributed by atoms with Crippen molar-refractivity contribution in [3.8, 4) is 6.01 Å². The molecule has 0 aliphatic carbocycles. The number of nitrogens with zero attached hydrogens (tertiary/aromatic N) is 3. The Morgan fingerprint density at radius 2 is 2.11 bits per heavy atom. The molecule has 0 bridgehead atoms. The average Bonchev–Trinajstić information content (AvgIpc) is 2.75. The van der Waals surface area contributed by atoms with Crippen molar-refractivity contribution in [2.75, 3.05) is 0 Å². The van der Waals surface area contributed by atoms with Crippen molar-refractivity contribution in [3.63, 3.8) is 0 Å². The lowest BCUT2D eigenvalue weighted by atomic mass is 10.1. The van der Waals surface area contributed by atoms with Crippen LogP contribution in [0, 0.1) is 0 Å². The third-order valence-corrected chi connectivity index (χ3v) is 3.72. The SMILES string of the molecule is C/C=C(/C)c1cnc2nc(O)n(C(CC)CC)c2c1. The van der Waals surface area contributed by atoms with E-state index >= 15 is 0 Å². The molecule has 0 radical (unpaired) electrons. The second kappa shape index (κ2) is 5.43. The first-order chi connectivity index (χ1) is 9.12. The van der Waals surface area contributed by atoms with Crippen molar-refractivity contribution in [1.82, 2.24) is 14.5 Å². The molecule has 4 heteroatoms. The van der Waals surface area contributed by atoms with E-state index in [-0.39, 0.29) is 12.1 Å². The summed E-state index contributed by atoms with van der Waals surface area (Å²) in [4.78, 5) is 8.49. The first-order valence-corrected chi connectivity index (χ1v) is 6.82. The average molecular weight is 259 g/mol. The second-order valence-corrected chi connectivity index (χ2v) is 4.79. The molecular weight excluding hydrogens is 238 g/mol. The molecule has 2 aromatic heterocycles. The molecule has 0 atom stereocenters. The highest BCUT2D eigenvalue weighted by molar-refractivity contribution is 5.78. The third-order valence-electron chi connectivity index (χ3n) is 3.72. The Hall–Kier alpha value is -1.84. The quantitative estimate of drug-likeness (QED) is 0.905. The fourth-order valence-electron chi connectivity index (χ4n) is 2.36. The molecule has 2 heterocycles. The van der Waals surface area contributed by atoms with E-state index in [0.717, 1.165) is 23.9 Å². The lowest BCUT2D eigenvalue weighted by Gasteiger charge is -2.16. The highest BCUT2D eigenvalue weighted by Crippen LogP contribution is 2.29. The fourth-order valence-corrected chi connectivity index (χ4v) is 2.36. The standard InChI is InChI=1S/C15H21N3O/c1-5-10(4)11-8-13-14(16-9-11)17-15(19)18(13)12(6-2)7-3/h5,8-9,12H,6-7H2,1-4H3,(H,16,17,19)/b10-5-. The van der Waals surface area contributed by atoms with E-state index in [1.54, 1.807) is 6.20 Å². The molecule has 0 saturated carbocycles. The number of allylic oxidation sites excluding steroid dienone is 2. The van der Waals surface area contributed by atoms with Gasteiger partial charge in [0.1, 0.15) is 0 Å². The van der Waals surface area contributed by atoms with Crippen molar-refractivity contribution in [3.05, 3.63) is 23.9 Å². The zero-order chi connectivity index (χ0) is 14.0. The van der Waals surface area contributed by atoms with Crippen molar-refractivity contribution < 1.29 is 5.11 Å². The molecule has 0 aliphatic rings. The van der Waals surface area contributed by atoms with Crippen LogP contribution < -0.4 is 0 Å². The summed E-state index contributed by atoms with van der Waals surface area (Å²) in [5.74, 6) is 0. The number of pyridine rings is 1. The van der Waals surface area contributed by atoms with E-state index in [0.29, 0.717) is 5.65 Å². The van der Waals surface area contributed by atoms with Gasteiger partial charge in [0, 0.05) is 12.2 Å². The summed E-state index contributed by atoms with van der Waals surface area (Å²) in [5.41, 5.74) is 3.76. The van der Waals surface area contributed by atoms with Crippen molar-refractivity contribution >= 4 is 16.7 Å². The van der Waals surface area contributed by atoms with Gasteiger partial charge in [-0.2, -0.15) is 4.98 Å². The Kier molecular flexibility index (Phi) is 3.88. The normalized spacial score (nSPS) is 12.6. The van der Waals surface area contributed by atoms with Gasteiger partial charge in [-0.05, 0) is 43.9 Å². The van der Waals surface area contributed by atoms with Crippen molar-refractivity contribution in [1.29, 1.82) is 0 Å². The summed E-state index contributed by atoms with van der Waals surface area (Å²) >= 11 is 0. The van der Waals surface area contributed by atoms with Crippen LogP contribution in [0.2, 0.25) is 0 Å². The van der Waals surface area contributed by atoms with Gasteiger partial charge in [0.05, 0.1) is 5.52 Å². The molecule has 0 amide bonds. The van der Waals surface area contributed by atoms with Crippen LogP contribution in [0.3, 0.4) is 0 Å². The minimum atomic E-state index is 0.0616. The summed E-state index contributed by atoms with van der Waals surface area (Å²) in [6.45, 7) is 8.30. The van der Waals surface area contributed by atoms with Crippen LogP contribution in [0.15, 0.2) is 18.3 Å². The highest BCUT2D eigenvalue weighted by Gasteiger charge is 2.17. The van der Waals surface area contributed by atoms with E-state index in [2.05, 4.69) is 42.9 Å². The van der Waals surface area contributed by atoms with E-state index < -0.39 is 0 Å². The maximum Gasteiger partial charge on any atom is 0.296 e. The van der Waals surface area contributed by atoms with Gasteiger partial charge in [0.2, 0.25) is 0 Å². The number of fused-ring (bicyclic) bond motifs is 1. The maximum absolute atomic E-state index is 10.1. The predicted octanol–water partition coefficient (Wildman–Crippen LogP) is 3.92. The number of aromatic nitrogens is 3.